The number of alkyl carbamates (subject to hydrolysis) is 1. The molecule has 0 saturated carbocycles. The molecule has 17 heavy (non-hydrogen) atoms. The number of aliphatic hydroxyl groups excluding tert-OH is 1. The monoisotopic (exact) mass is 261 g/mol. The molecule has 0 aliphatic carbocycles. The number of halogens is 1. The second-order valence-corrected chi connectivity index (χ2v) is 4.18. The van der Waals surface area contributed by atoms with Crippen molar-refractivity contribution in [1.82, 2.24) is 5.32 Å². The van der Waals surface area contributed by atoms with E-state index >= 15 is 0 Å². The van der Waals surface area contributed by atoms with E-state index in [0.29, 0.717) is 10.6 Å². The smallest absolute Gasteiger partial charge is 0.407 e. The quantitative estimate of drug-likeness (QED) is 0.748. The Morgan fingerprint density at radius 3 is 2.53 bits per heavy atom. The lowest BCUT2D eigenvalue weighted by molar-refractivity contribution is 0.0341. The van der Waals surface area contributed by atoms with Gasteiger partial charge in [0, 0.05) is 17.7 Å². The van der Waals surface area contributed by atoms with Crippen LogP contribution in [0.2, 0.25) is 0 Å². The number of carbonyl (C=O) groups is 1. The van der Waals surface area contributed by atoms with Crippen molar-refractivity contribution in [2.75, 3.05) is 7.05 Å². The van der Waals surface area contributed by atoms with Gasteiger partial charge in [0.1, 0.15) is 0 Å². The van der Waals surface area contributed by atoms with Gasteiger partial charge in [-0.05, 0) is 20.3 Å². The van der Waals surface area contributed by atoms with E-state index in [1.165, 1.54) is 7.05 Å². The molecule has 0 aliphatic heterocycles. The summed E-state index contributed by atoms with van der Waals surface area (Å²) in [4.78, 5) is 11.2. The molecule has 4 nitrogen and oxygen atoms in total. The second kappa shape index (κ2) is 8.14. The maximum Gasteiger partial charge on any atom is 0.407 e. The highest BCUT2D eigenvalue weighted by atomic mass is 35.5. The number of allylic oxidation sites excluding steroid dienone is 2. The van der Waals surface area contributed by atoms with E-state index in [-0.39, 0.29) is 0 Å². The summed E-state index contributed by atoms with van der Waals surface area (Å²) in [5.74, 6) is 0. The van der Waals surface area contributed by atoms with Gasteiger partial charge in [-0.25, -0.2) is 4.79 Å². The summed E-state index contributed by atoms with van der Waals surface area (Å²) in [7, 11) is 1.46. The molecule has 5 heteroatoms. The molecule has 0 spiro atoms. The number of nitrogens with one attached hydrogen (secondary N) is 1. The molecule has 2 atom stereocenters. The van der Waals surface area contributed by atoms with Crippen LogP contribution in [0, 0.1) is 0 Å². The highest BCUT2D eigenvalue weighted by Gasteiger charge is 2.23. The van der Waals surface area contributed by atoms with Crippen molar-refractivity contribution < 1.29 is 14.6 Å². The van der Waals surface area contributed by atoms with E-state index < -0.39 is 18.3 Å². The lowest BCUT2D eigenvalue weighted by atomic mass is 10.0. The standard InChI is InChI=1S/C12H20ClNO3/c1-5-6-7-10(8(2)13)11(9(3)15)17-12(16)14-4/h6-7,9,11,15H,5H2,1-4H3,(H,14,16). The molecule has 2 unspecified atom stereocenters. The van der Waals surface area contributed by atoms with E-state index in [2.05, 4.69) is 5.32 Å². The Labute approximate surface area is 107 Å². The van der Waals surface area contributed by atoms with Gasteiger partial charge in [0.05, 0.1) is 6.10 Å². The third-order valence-electron chi connectivity index (χ3n) is 2.11. The minimum absolute atomic E-state index is 0.490. The normalized spacial score (nSPS) is 16.4. The van der Waals surface area contributed by atoms with Crippen LogP contribution in [0.15, 0.2) is 22.8 Å². The first kappa shape index (κ1) is 16.0. The van der Waals surface area contributed by atoms with Gasteiger partial charge in [0.15, 0.2) is 6.10 Å². The van der Waals surface area contributed by atoms with Crippen LogP contribution in [0.1, 0.15) is 27.2 Å². The third kappa shape index (κ3) is 5.75. The maximum absolute atomic E-state index is 11.2. The zero-order valence-corrected chi connectivity index (χ0v) is 11.4. The maximum atomic E-state index is 11.2. The molecular weight excluding hydrogens is 242 g/mol. The SMILES string of the molecule is CCC=CC(=C(C)Cl)C(OC(=O)NC)C(C)O. The molecule has 0 aromatic rings. The molecule has 0 fully saturated rings. The highest BCUT2D eigenvalue weighted by molar-refractivity contribution is 6.29. The van der Waals surface area contributed by atoms with Crippen molar-refractivity contribution in [3.05, 3.63) is 22.8 Å². The molecule has 0 rings (SSSR count). The Kier molecular flexibility index (Phi) is 7.66. The molecule has 0 heterocycles. The van der Waals surface area contributed by atoms with Gasteiger partial charge in [-0.15, -0.1) is 0 Å². The summed E-state index contributed by atoms with van der Waals surface area (Å²) in [6.07, 6.45) is 2.29. The molecule has 0 aliphatic rings. The van der Waals surface area contributed by atoms with E-state index in [1.54, 1.807) is 19.9 Å². The molecule has 1 amide bonds. The van der Waals surface area contributed by atoms with Crippen molar-refractivity contribution in [2.45, 2.75) is 39.4 Å². The van der Waals surface area contributed by atoms with Crippen molar-refractivity contribution >= 4 is 17.7 Å². The Hall–Kier alpha value is -1.00. The molecule has 0 bridgehead atoms. The molecule has 0 radical (unpaired) electrons. The molecule has 2 N–H and O–H groups in total. The van der Waals surface area contributed by atoms with E-state index in [0.717, 1.165) is 6.42 Å². The van der Waals surface area contributed by atoms with Crippen LogP contribution >= 0.6 is 11.6 Å². The first-order chi connectivity index (χ1) is 7.93. The summed E-state index contributed by atoms with van der Waals surface area (Å²) >= 11 is 5.95. The van der Waals surface area contributed by atoms with Gasteiger partial charge >= 0.3 is 6.09 Å². The molecular formula is C12H20ClNO3. The number of ether oxygens (including phenoxy) is 1. The molecule has 0 aromatic carbocycles. The van der Waals surface area contributed by atoms with Crippen molar-refractivity contribution in [2.24, 2.45) is 0 Å². The highest BCUT2D eigenvalue weighted by Crippen LogP contribution is 2.20. The average Bonchev–Trinajstić information content (AvgIpc) is 2.26. The van der Waals surface area contributed by atoms with Gasteiger partial charge in [-0.3, -0.25) is 0 Å². The van der Waals surface area contributed by atoms with E-state index in [4.69, 9.17) is 16.3 Å². The minimum atomic E-state index is -0.836. The fraction of sp³-hybridized carbons (Fsp3) is 0.583. The van der Waals surface area contributed by atoms with Crippen molar-refractivity contribution in [3.8, 4) is 0 Å². The van der Waals surface area contributed by atoms with Crippen LogP contribution in [-0.4, -0.2) is 30.5 Å². The van der Waals surface area contributed by atoms with Gasteiger partial charge in [-0.1, -0.05) is 30.7 Å². The number of hydrogen-bond donors (Lipinski definition) is 2. The van der Waals surface area contributed by atoms with Gasteiger partial charge in [0.25, 0.3) is 0 Å². The van der Waals surface area contributed by atoms with Gasteiger partial charge in [0.2, 0.25) is 0 Å². The van der Waals surface area contributed by atoms with Crippen LogP contribution in [0.5, 0.6) is 0 Å². The molecule has 0 saturated heterocycles. The number of hydrogen-bond acceptors (Lipinski definition) is 3. The minimum Gasteiger partial charge on any atom is -0.439 e. The van der Waals surface area contributed by atoms with Crippen LogP contribution in [0.4, 0.5) is 4.79 Å². The van der Waals surface area contributed by atoms with Gasteiger partial charge in [-0.2, -0.15) is 0 Å². The van der Waals surface area contributed by atoms with Crippen LogP contribution in [-0.2, 0) is 4.74 Å². The Morgan fingerprint density at radius 2 is 2.18 bits per heavy atom. The summed E-state index contributed by atoms with van der Waals surface area (Å²) in [6.45, 7) is 5.22. The number of aliphatic hydroxyl groups is 1. The fourth-order valence-electron chi connectivity index (χ4n) is 1.25. The Morgan fingerprint density at radius 1 is 1.59 bits per heavy atom. The first-order valence-electron chi connectivity index (χ1n) is 5.53. The van der Waals surface area contributed by atoms with E-state index in [1.807, 2.05) is 13.0 Å². The number of rotatable bonds is 5. The Bertz CT molecular complexity index is 307. The number of carbonyl (C=O) groups excluding carboxylic acids is 1. The van der Waals surface area contributed by atoms with Gasteiger partial charge < -0.3 is 15.2 Å². The zero-order chi connectivity index (χ0) is 13.4. The van der Waals surface area contributed by atoms with Crippen molar-refractivity contribution in [1.29, 1.82) is 0 Å². The third-order valence-corrected chi connectivity index (χ3v) is 2.33. The van der Waals surface area contributed by atoms with Crippen LogP contribution in [0.3, 0.4) is 0 Å². The number of amides is 1. The lowest BCUT2D eigenvalue weighted by Gasteiger charge is -2.22. The molecule has 98 valence electrons. The topological polar surface area (TPSA) is 58.6 Å². The van der Waals surface area contributed by atoms with Crippen LogP contribution < -0.4 is 5.32 Å². The Balaban J connectivity index is 5.06. The summed E-state index contributed by atoms with van der Waals surface area (Å²) in [6, 6.07) is 0. The van der Waals surface area contributed by atoms with E-state index in [9.17, 15) is 9.90 Å². The molecule has 0 aromatic heterocycles. The predicted molar refractivity (Wildman–Crippen MR) is 69.0 cm³/mol. The predicted octanol–water partition coefficient (Wildman–Crippen LogP) is 2.57. The first-order valence-corrected chi connectivity index (χ1v) is 5.91. The van der Waals surface area contributed by atoms with Crippen LogP contribution in [0.25, 0.3) is 0 Å². The lowest BCUT2D eigenvalue weighted by Crippen LogP contribution is -2.34. The second-order valence-electron chi connectivity index (χ2n) is 3.62. The zero-order valence-electron chi connectivity index (χ0n) is 10.7. The summed E-state index contributed by atoms with van der Waals surface area (Å²) in [5, 5.41) is 12.5. The average molecular weight is 262 g/mol. The largest absolute Gasteiger partial charge is 0.439 e. The summed E-state index contributed by atoms with van der Waals surface area (Å²) < 4.78 is 5.09. The van der Waals surface area contributed by atoms with Crippen molar-refractivity contribution in [3.63, 3.8) is 0 Å². The fourth-order valence-corrected chi connectivity index (χ4v) is 1.42. The summed E-state index contributed by atoms with van der Waals surface area (Å²) in [5.41, 5.74) is 0.604.